The lowest BCUT2D eigenvalue weighted by molar-refractivity contribution is 1.08. The number of pyridine rings is 1. The van der Waals surface area contributed by atoms with Crippen LogP contribution in [0.3, 0.4) is 0 Å². The van der Waals surface area contributed by atoms with Gasteiger partial charge in [0, 0.05) is 37.3 Å². The molecule has 3 aromatic heterocycles. The summed E-state index contributed by atoms with van der Waals surface area (Å²) in [6.45, 7) is 0. The molecule has 0 aliphatic carbocycles. The number of fused-ring (bicyclic) bond motifs is 6. The minimum atomic E-state index is 0.903. The lowest BCUT2D eigenvalue weighted by Crippen LogP contribution is -1.98. The second-order valence-electron chi connectivity index (χ2n) is 11.4. The Kier molecular flexibility index (Phi) is 5.97. The molecule has 212 valence electrons. The summed E-state index contributed by atoms with van der Waals surface area (Å²) in [6.07, 6.45) is 0. The molecule has 0 amide bonds. The average Bonchev–Trinajstić information content (AvgIpc) is 3.61. The molecule has 4 heteroatoms. The van der Waals surface area contributed by atoms with Gasteiger partial charge in [0.1, 0.15) is 5.82 Å². The van der Waals surface area contributed by atoms with E-state index in [4.69, 9.17) is 4.98 Å². The molecule has 45 heavy (non-hydrogen) atoms. The number of hydrogen-bond acceptors (Lipinski definition) is 1. The minimum absolute atomic E-state index is 0.903. The second-order valence-corrected chi connectivity index (χ2v) is 12.3. The molecule has 0 saturated carbocycles. The van der Waals surface area contributed by atoms with Gasteiger partial charge in [0.2, 0.25) is 0 Å². The largest absolute Gasteiger partial charge is 0.309 e. The van der Waals surface area contributed by atoms with E-state index in [0.29, 0.717) is 0 Å². The third kappa shape index (κ3) is 4.21. The first-order valence-corrected chi connectivity index (χ1v) is 15.9. The van der Waals surface area contributed by atoms with E-state index < -0.39 is 0 Å². The highest BCUT2D eigenvalue weighted by molar-refractivity contribution is 9.10. The first-order chi connectivity index (χ1) is 22.2. The predicted octanol–water partition coefficient (Wildman–Crippen LogP) is 11.4. The van der Waals surface area contributed by atoms with E-state index in [1.54, 1.807) is 0 Å². The van der Waals surface area contributed by atoms with Crippen LogP contribution in [-0.2, 0) is 0 Å². The number of halogens is 1. The summed E-state index contributed by atoms with van der Waals surface area (Å²) in [6, 6.07) is 56.2. The van der Waals surface area contributed by atoms with Gasteiger partial charge >= 0.3 is 0 Å². The zero-order valence-corrected chi connectivity index (χ0v) is 25.8. The van der Waals surface area contributed by atoms with Crippen molar-refractivity contribution in [3.8, 4) is 33.9 Å². The monoisotopic (exact) mass is 639 g/mol. The van der Waals surface area contributed by atoms with Crippen molar-refractivity contribution in [2.45, 2.75) is 0 Å². The van der Waals surface area contributed by atoms with E-state index in [1.807, 2.05) is 0 Å². The number of benzene rings is 6. The molecule has 9 aromatic rings. The van der Waals surface area contributed by atoms with Crippen molar-refractivity contribution in [1.29, 1.82) is 0 Å². The van der Waals surface area contributed by atoms with E-state index in [9.17, 15) is 0 Å². The van der Waals surface area contributed by atoms with E-state index in [-0.39, 0.29) is 0 Å². The summed E-state index contributed by atoms with van der Waals surface area (Å²) >= 11 is 3.56. The van der Waals surface area contributed by atoms with Gasteiger partial charge in [0.15, 0.2) is 0 Å². The van der Waals surface area contributed by atoms with Crippen LogP contribution in [-0.4, -0.2) is 14.1 Å². The Hall–Kier alpha value is -5.45. The maximum atomic E-state index is 5.17. The van der Waals surface area contributed by atoms with Crippen LogP contribution >= 0.6 is 15.9 Å². The van der Waals surface area contributed by atoms with Gasteiger partial charge in [-0.3, -0.25) is 4.57 Å². The number of para-hydroxylation sites is 3. The highest BCUT2D eigenvalue weighted by atomic mass is 79.9. The zero-order valence-electron chi connectivity index (χ0n) is 24.2. The molecule has 3 nitrogen and oxygen atoms in total. The third-order valence-electron chi connectivity index (χ3n) is 8.80. The number of nitrogens with zero attached hydrogens (tertiary/aromatic N) is 3. The maximum Gasteiger partial charge on any atom is 0.138 e. The molecule has 3 heterocycles. The molecule has 0 bridgehead atoms. The van der Waals surface area contributed by atoms with Gasteiger partial charge in [-0.2, -0.15) is 0 Å². The maximum absolute atomic E-state index is 5.17. The van der Waals surface area contributed by atoms with Crippen LogP contribution in [0.5, 0.6) is 0 Å². The normalized spacial score (nSPS) is 11.7. The summed E-state index contributed by atoms with van der Waals surface area (Å²) < 4.78 is 5.72. The summed E-state index contributed by atoms with van der Waals surface area (Å²) in [5, 5.41) is 4.93. The zero-order chi connectivity index (χ0) is 29.9. The fourth-order valence-electron chi connectivity index (χ4n) is 6.73. The van der Waals surface area contributed by atoms with Gasteiger partial charge in [-0.15, -0.1) is 0 Å². The third-order valence-corrected chi connectivity index (χ3v) is 9.33. The quantitative estimate of drug-likeness (QED) is 0.188. The van der Waals surface area contributed by atoms with Crippen LogP contribution < -0.4 is 0 Å². The first kappa shape index (κ1) is 26.0. The van der Waals surface area contributed by atoms with Gasteiger partial charge in [-0.25, -0.2) is 4.98 Å². The smallest absolute Gasteiger partial charge is 0.138 e. The summed E-state index contributed by atoms with van der Waals surface area (Å²) in [7, 11) is 0. The molecule has 0 N–H and O–H groups in total. The Morgan fingerprint density at radius 3 is 1.80 bits per heavy atom. The van der Waals surface area contributed by atoms with Gasteiger partial charge in [0.05, 0.1) is 27.8 Å². The van der Waals surface area contributed by atoms with Crippen molar-refractivity contribution in [2.75, 3.05) is 0 Å². The molecule has 0 unspecified atom stereocenters. The Morgan fingerprint density at radius 2 is 1.00 bits per heavy atom. The highest BCUT2D eigenvalue weighted by Gasteiger charge is 2.16. The Morgan fingerprint density at radius 1 is 0.400 bits per heavy atom. The van der Waals surface area contributed by atoms with Crippen LogP contribution in [0.25, 0.3) is 77.5 Å². The fourth-order valence-corrected chi connectivity index (χ4v) is 7.00. The molecular formula is C41H26BrN3. The van der Waals surface area contributed by atoms with Gasteiger partial charge in [-0.1, -0.05) is 107 Å². The Labute approximate surface area is 268 Å². The number of hydrogen-bond donors (Lipinski definition) is 0. The molecule has 9 rings (SSSR count). The van der Waals surface area contributed by atoms with Crippen LogP contribution in [0.4, 0.5) is 0 Å². The molecule has 0 saturated heterocycles. The van der Waals surface area contributed by atoms with Crippen molar-refractivity contribution in [3.05, 3.63) is 162 Å². The molecule has 0 radical (unpaired) electrons. The van der Waals surface area contributed by atoms with Crippen LogP contribution in [0.15, 0.2) is 162 Å². The van der Waals surface area contributed by atoms with Crippen molar-refractivity contribution in [3.63, 3.8) is 0 Å². The Balaban J connectivity index is 1.25. The predicted molar refractivity (Wildman–Crippen MR) is 191 cm³/mol. The second kappa shape index (κ2) is 10.3. The molecular weight excluding hydrogens is 614 g/mol. The standard InChI is InChI=1S/C41H26BrN3/c42-30-21-17-27(18-22-30)36-13-8-16-41(43-36)45-38-15-7-4-11-32(38)34-23-19-29(26-40(34)45)28-20-24-39-35(25-28)33-12-5-6-14-37(33)44(39)31-9-2-1-3-10-31/h1-26H. The summed E-state index contributed by atoms with van der Waals surface area (Å²) in [5.74, 6) is 0.903. The van der Waals surface area contributed by atoms with E-state index >= 15 is 0 Å². The molecule has 6 aromatic carbocycles. The lowest BCUT2D eigenvalue weighted by Gasteiger charge is -2.11. The first-order valence-electron chi connectivity index (χ1n) is 15.1. The van der Waals surface area contributed by atoms with Gasteiger partial charge in [0.25, 0.3) is 0 Å². The van der Waals surface area contributed by atoms with Crippen molar-refractivity contribution in [1.82, 2.24) is 14.1 Å². The van der Waals surface area contributed by atoms with E-state index in [1.165, 1.54) is 49.4 Å². The molecule has 0 spiro atoms. The van der Waals surface area contributed by atoms with Crippen LogP contribution in [0.2, 0.25) is 0 Å². The van der Waals surface area contributed by atoms with Crippen molar-refractivity contribution in [2.24, 2.45) is 0 Å². The van der Waals surface area contributed by atoms with E-state index in [2.05, 4.69) is 183 Å². The molecule has 0 aliphatic heterocycles. The minimum Gasteiger partial charge on any atom is -0.309 e. The number of rotatable bonds is 4. The summed E-state index contributed by atoms with van der Waals surface area (Å²) in [5.41, 5.74) is 10.3. The van der Waals surface area contributed by atoms with Crippen molar-refractivity contribution >= 4 is 59.5 Å². The van der Waals surface area contributed by atoms with Gasteiger partial charge in [-0.05, 0) is 77.9 Å². The SMILES string of the molecule is Brc1ccc(-c2cccc(-n3c4ccccc4c4ccc(-c5ccc6c(c5)c5ccccc5n6-c5ccccc5)cc43)n2)cc1. The van der Waals surface area contributed by atoms with Crippen molar-refractivity contribution < 1.29 is 0 Å². The van der Waals surface area contributed by atoms with E-state index in [0.717, 1.165) is 32.6 Å². The van der Waals surface area contributed by atoms with Crippen LogP contribution in [0, 0.1) is 0 Å². The molecule has 0 aliphatic rings. The lowest BCUT2D eigenvalue weighted by atomic mass is 10.0. The molecule has 0 fully saturated rings. The molecule has 0 atom stereocenters. The average molecular weight is 641 g/mol. The number of aromatic nitrogens is 3. The van der Waals surface area contributed by atoms with Gasteiger partial charge < -0.3 is 4.57 Å². The van der Waals surface area contributed by atoms with Crippen LogP contribution in [0.1, 0.15) is 0 Å². The highest BCUT2D eigenvalue weighted by Crippen LogP contribution is 2.38. The summed E-state index contributed by atoms with van der Waals surface area (Å²) in [4.78, 5) is 5.17. The topological polar surface area (TPSA) is 22.8 Å². The fraction of sp³-hybridized carbons (Fsp3) is 0. The Bertz CT molecular complexity index is 2540.